The molecule has 1 rings (SSSR count). The molecule has 1 aromatic carbocycles. The van der Waals surface area contributed by atoms with Crippen LogP contribution >= 0.6 is 11.6 Å². The van der Waals surface area contributed by atoms with Crippen molar-refractivity contribution < 1.29 is 0 Å². The zero-order chi connectivity index (χ0) is 15.1. The quantitative estimate of drug-likeness (QED) is 0.653. The third kappa shape index (κ3) is 6.28. The van der Waals surface area contributed by atoms with E-state index in [0.29, 0.717) is 0 Å². The number of rotatable bonds is 8. The summed E-state index contributed by atoms with van der Waals surface area (Å²) in [7, 11) is 0. The van der Waals surface area contributed by atoms with Crippen molar-refractivity contribution >= 4 is 11.6 Å². The molecule has 0 amide bonds. The zero-order valence-electron chi connectivity index (χ0n) is 13.7. The maximum atomic E-state index is 6.33. The van der Waals surface area contributed by atoms with Crippen LogP contribution in [-0.2, 0) is 6.42 Å². The van der Waals surface area contributed by atoms with Gasteiger partial charge in [-0.25, -0.2) is 0 Å². The monoisotopic (exact) mass is 295 g/mol. The van der Waals surface area contributed by atoms with Crippen LogP contribution in [0.25, 0.3) is 0 Å². The zero-order valence-corrected chi connectivity index (χ0v) is 14.5. The Labute approximate surface area is 130 Å². The average molecular weight is 296 g/mol. The summed E-state index contributed by atoms with van der Waals surface area (Å²) < 4.78 is 0. The molecule has 0 aliphatic rings. The second-order valence-electron chi connectivity index (χ2n) is 6.56. The van der Waals surface area contributed by atoms with Gasteiger partial charge in [0, 0.05) is 5.02 Å². The molecule has 1 atom stereocenters. The van der Waals surface area contributed by atoms with Gasteiger partial charge in [-0.15, -0.1) is 0 Å². The van der Waals surface area contributed by atoms with Crippen molar-refractivity contribution in [3.05, 3.63) is 33.8 Å². The van der Waals surface area contributed by atoms with Crippen molar-refractivity contribution in [2.24, 2.45) is 11.8 Å². The topological polar surface area (TPSA) is 12.0 Å². The lowest BCUT2D eigenvalue weighted by molar-refractivity contribution is 0.454. The van der Waals surface area contributed by atoms with Crippen LogP contribution in [-0.4, -0.2) is 13.1 Å². The smallest absolute Gasteiger partial charge is 0.0440 e. The maximum absolute atomic E-state index is 6.33. The molecule has 1 nitrogen and oxygen atoms in total. The summed E-state index contributed by atoms with van der Waals surface area (Å²) in [5, 5.41) is 4.44. The fourth-order valence-electron chi connectivity index (χ4n) is 2.32. The van der Waals surface area contributed by atoms with E-state index in [2.05, 4.69) is 52.1 Å². The van der Waals surface area contributed by atoms with E-state index < -0.39 is 0 Å². The van der Waals surface area contributed by atoms with Crippen LogP contribution in [0.1, 0.15) is 50.3 Å². The summed E-state index contributed by atoms with van der Waals surface area (Å²) >= 11 is 6.33. The molecule has 0 heterocycles. The van der Waals surface area contributed by atoms with E-state index in [0.717, 1.165) is 36.4 Å². The van der Waals surface area contributed by atoms with Crippen LogP contribution in [0, 0.1) is 25.7 Å². The summed E-state index contributed by atoms with van der Waals surface area (Å²) in [6.07, 6.45) is 3.55. The normalized spacial score (nSPS) is 12.9. The second kappa shape index (κ2) is 8.69. The summed E-state index contributed by atoms with van der Waals surface area (Å²) in [6.45, 7) is 13.4. The first-order chi connectivity index (χ1) is 9.40. The fraction of sp³-hybridized carbons (Fsp3) is 0.667. The minimum atomic E-state index is 0.736. The Kier molecular flexibility index (Phi) is 7.61. The SMILES string of the molecule is Cc1cc(Cl)c(CCC(C)CCNCC(C)C)cc1C. The Hall–Kier alpha value is -0.530. The minimum Gasteiger partial charge on any atom is -0.316 e. The Bertz CT molecular complexity index is 412. The third-order valence-corrected chi connectivity index (χ3v) is 4.29. The van der Waals surface area contributed by atoms with Gasteiger partial charge in [-0.2, -0.15) is 0 Å². The van der Waals surface area contributed by atoms with Gasteiger partial charge in [-0.3, -0.25) is 0 Å². The molecule has 0 spiro atoms. The molecule has 0 aliphatic carbocycles. The molecular formula is C18H30ClN. The molecule has 0 fully saturated rings. The van der Waals surface area contributed by atoms with E-state index in [1.165, 1.54) is 29.5 Å². The van der Waals surface area contributed by atoms with Crippen LogP contribution in [0.3, 0.4) is 0 Å². The predicted molar refractivity (Wildman–Crippen MR) is 90.7 cm³/mol. The van der Waals surface area contributed by atoms with Crippen molar-refractivity contribution in [3.63, 3.8) is 0 Å². The van der Waals surface area contributed by atoms with E-state index in [-0.39, 0.29) is 0 Å². The molecule has 1 unspecified atom stereocenters. The summed E-state index contributed by atoms with van der Waals surface area (Å²) in [6, 6.07) is 4.35. The Morgan fingerprint density at radius 2 is 1.70 bits per heavy atom. The lowest BCUT2D eigenvalue weighted by Crippen LogP contribution is -2.22. The molecule has 1 aromatic rings. The molecule has 0 radical (unpaired) electrons. The highest BCUT2D eigenvalue weighted by atomic mass is 35.5. The van der Waals surface area contributed by atoms with Gasteiger partial charge in [0.1, 0.15) is 0 Å². The summed E-state index contributed by atoms with van der Waals surface area (Å²) in [5.74, 6) is 1.48. The first-order valence-electron chi connectivity index (χ1n) is 7.86. The van der Waals surface area contributed by atoms with Crippen molar-refractivity contribution in [1.29, 1.82) is 0 Å². The van der Waals surface area contributed by atoms with Crippen molar-refractivity contribution in [1.82, 2.24) is 5.32 Å². The molecule has 0 saturated heterocycles. The summed E-state index contributed by atoms with van der Waals surface area (Å²) in [4.78, 5) is 0. The maximum Gasteiger partial charge on any atom is 0.0440 e. The Morgan fingerprint density at radius 1 is 1.05 bits per heavy atom. The van der Waals surface area contributed by atoms with Gasteiger partial charge in [-0.05, 0) is 80.8 Å². The number of halogens is 1. The first kappa shape index (κ1) is 17.5. The van der Waals surface area contributed by atoms with Crippen LogP contribution in [0.2, 0.25) is 5.02 Å². The number of benzene rings is 1. The molecule has 0 aromatic heterocycles. The molecular weight excluding hydrogens is 266 g/mol. The van der Waals surface area contributed by atoms with Crippen molar-refractivity contribution in [3.8, 4) is 0 Å². The van der Waals surface area contributed by atoms with Crippen molar-refractivity contribution in [2.45, 2.75) is 53.9 Å². The standard InChI is InChI=1S/C18H30ClN/c1-13(2)12-20-9-8-14(3)6-7-17-10-15(4)16(5)11-18(17)19/h10-11,13-14,20H,6-9,12H2,1-5H3. The first-order valence-corrected chi connectivity index (χ1v) is 8.24. The third-order valence-electron chi connectivity index (χ3n) is 3.94. The Balaban J connectivity index is 2.34. The van der Waals surface area contributed by atoms with Gasteiger partial charge in [0.15, 0.2) is 0 Å². The van der Waals surface area contributed by atoms with Crippen LogP contribution in [0.5, 0.6) is 0 Å². The van der Waals surface area contributed by atoms with Gasteiger partial charge in [0.25, 0.3) is 0 Å². The van der Waals surface area contributed by atoms with E-state index >= 15 is 0 Å². The van der Waals surface area contributed by atoms with Crippen molar-refractivity contribution in [2.75, 3.05) is 13.1 Å². The number of hydrogen-bond acceptors (Lipinski definition) is 1. The largest absolute Gasteiger partial charge is 0.316 e. The molecule has 0 bridgehead atoms. The number of aryl methyl sites for hydroxylation is 3. The molecule has 20 heavy (non-hydrogen) atoms. The highest BCUT2D eigenvalue weighted by Gasteiger charge is 2.07. The molecule has 2 heteroatoms. The lowest BCUT2D eigenvalue weighted by atomic mass is 9.96. The van der Waals surface area contributed by atoms with Gasteiger partial charge >= 0.3 is 0 Å². The van der Waals surface area contributed by atoms with Gasteiger partial charge in [-0.1, -0.05) is 38.4 Å². The molecule has 0 aliphatic heterocycles. The lowest BCUT2D eigenvalue weighted by Gasteiger charge is -2.14. The van der Waals surface area contributed by atoms with Gasteiger partial charge < -0.3 is 5.32 Å². The average Bonchev–Trinajstić information content (AvgIpc) is 2.37. The van der Waals surface area contributed by atoms with Crippen LogP contribution in [0.15, 0.2) is 12.1 Å². The molecule has 0 saturated carbocycles. The fourth-order valence-corrected chi connectivity index (χ4v) is 2.63. The van der Waals surface area contributed by atoms with E-state index in [4.69, 9.17) is 11.6 Å². The van der Waals surface area contributed by atoms with E-state index in [1.54, 1.807) is 0 Å². The Morgan fingerprint density at radius 3 is 2.35 bits per heavy atom. The second-order valence-corrected chi connectivity index (χ2v) is 6.97. The van der Waals surface area contributed by atoms with E-state index in [1.807, 2.05) is 0 Å². The number of nitrogens with one attached hydrogen (secondary N) is 1. The van der Waals surface area contributed by atoms with Gasteiger partial charge in [0.05, 0.1) is 0 Å². The van der Waals surface area contributed by atoms with Crippen LogP contribution < -0.4 is 5.32 Å². The highest BCUT2D eigenvalue weighted by molar-refractivity contribution is 6.31. The predicted octanol–water partition coefficient (Wildman–Crippen LogP) is 5.16. The van der Waals surface area contributed by atoms with Gasteiger partial charge in [0.2, 0.25) is 0 Å². The van der Waals surface area contributed by atoms with E-state index in [9.17, 15) is 0 Å². The highest BCUT2D eigenvalue weighted by Crippen LogP contribution is 2.23. The summed E-state index contributed by atoms with van der Waals surface area (Å²) in [5.41, 5.74) is 3.93. The minimum absolute atomic E-state index is 0.736. The molecule has 114 valence electrons. The number of hydrogen-bond donors (Lipinski definition) is 1. The van der Waals surface area contributed by atoms with Crippen LogP contribution in [0.4, 0.5) is 0 Å². The molecule has 1 N–H and O–H groups in total.